The van der Waals surface area contributed by atoms with Crippen molar-refractivity contribution in [2.45, 2.75) is 72.6 Å². The molecule has 5 heteroatoms. The van der Waals surface area contributed by atoms with Crippen molar-refractivity contribution in [1.82, 2.24) is 5.32 Å². The Kier molecular flexibility index (Phi) is 24.8. The van der Waals surface area contributed by atoms with E-state index in [1.165, 1.54) is 26.4 Å². The summed E-state index contributed by atoms with van der Waals surface area (Å²) in [5, 5.41) is 2.80. The van der Waals surface area contributed by atoms with Crippen LogP contribution in [0.1, 0.15) is 72.6 Å². The van der Waals surface area contributed by atoms with Gasteiger partial charge in [-0.25, -0.2) is 0 Å². The number of rotatable bonds is 17. The molecule has 0 heterocycles. The van der Waals surface area contributed by atoms with Gasteiger partial charge in [-0.1, -0.05) is 47.0 Å². The number of nitrogens with one attached hydrogen (secondary N) is 1. The number of carbonyl (C=O) groups excluding carboxylic acids is 1. The third-order valence-corrected chi connectivity index (χ3v) is 3.51. The van der Waals surface area contributed by atoms with Crippen LogP contribution in [0.5, 0.6) is 0 Å². The number of amides is 1. The van der Waals surface area contributed by atoms with Gasteiger partial charge in [0, 0.05) is 26.9 Å². The highest BCUT2D eigenvalue weighted by molar-refractivity contribution is 5.77. The van der Waals surface area contributed by atoms with Crippen molar-refractivity contribution >= 4 is 5.91 Å². The maximum absolute atomic E-state index is 11.1. The van der Waals surface area contributed by atoms with E-state index in [-0.39, 0.29) is 12.5 Å². The number of methoxy groups -OCH3 is 1. The van der Waals surface area contributed by atoms with Crippen molar-refractivity contribution in [2.75, 3.05) is 46.7 Å². The van der Waals surface area contributed by atoms with Gasteiger partial charge in [-0.05, 0) is 31.6 Å². The Hall–Kier alpha value is -0.650. The molecule has 1 N–H and O–H groups in total. The Morgan fingerprint density at radius 2 is 1.40 bits per heavy atom. The Labute approximate surface area is 156 Å². The zero-order valence-electron chi connectivity index (χ0n) is 17.4. The van der Waals surface area contributed by atoms with E-state index in [2.05, 4.69) is 19.2 Å². The van der Waals surface area contributed by atoms with E-state index in [9.17, 15) is 4.79 Å². The van der Waals surface area contributed by atoms with Crippen molar-refractivity contribution in [1.29, 1.82) is 0 Å². The van der Waals surface area contributed by atoms with Crippen LogP contribution < -0.4 is 5.32 Å². The van der Waals surface area contributed by atoms with Crippen LogP contribution in [0, 0.1) is 5.92 Å². The van der Waals surface area contributed by atoms with E-state index in [0.29, 0.717) is 19.8 Å². The third kappa shape index (κ3) is 25.7. The molecule has 0 spiro atoms. The number of unbranched alkanes of at least 4 members (excludes halogenated alkanes) is 4. The predicted molar refractivity (Wildman–Crippen MR) is 105 cm³/mol. The standard InChI is InChI=1S/C18H37NO4.C2H6/c1-17(2)10-6-4-8-12-22-14-15-23-13-9-5-7-11-19-18(20)16-21-3;1-2/h17H,4-16H2,1-3H3,(H,19,20);1-2H3. The first-order chi connectivity index (χ1) is 12.2. The summed E-state index contributed by atoms with van der Waals surface area (Å²) in [6.07, 6.45) is 8.11. The normalized spacial score (nSPS) is 10.5. The molecule has 0 saturated heterocycles. The molecular weight excluding hydrogens is 318 g/mol. The lowest BCUT2D eigenvalue weighted by molar-refractivity contribution is -0.124. The maximum atomic E-state index is 11.1. The van der Waals surface area contributed by atoms with Crippen LogP contribution in [0.4, 0.5) is 0 Å². The average molecular weight is 362 g/mol. The lowest BCUT2D eigenvalue weighted by atomic mass is 10.1. The highest BCUT2D eigenvalue weighted by atomic mass is 16.5. The van der Waals surface area contributed by atoms with Crippen LogP contribution in [-0.2, 0) is 19.0 Å². The molecule has 25 heavy (non-hydrogen) atoms. The Morgan fingerprint density at radius 3 is 1.92 bits per heavy atom. The first kappa shape index (κ1) is 26.6. The van der Waals surface area contributed by atoms with Crippen molar-refractivity contribution < 1.29 is 19.0 Å². The fourth-order valence-corrected chi connectivity index (χ4v) is 2.17. The quantitative estimate of drug-likeness (QED) is 0.395. The van der Waals surface area contributed by atoms with Gasteiger partial charge in [-0.3, -0.25) is 4.79 Å². The molecule has 1 amide bonds. The van der Waals surface area contributed by atoms with Gasteiger partial charge in [0.05, 0.1) is 13.2 Å². The zero-order chi connectivity index (χ0) is 19.2. The Balaban J connectivity index is 0. The molecule has 0 radical (unpaired) electrons. The smallest absolute Gasteiger partial charge is 0.245 e. The maximum Gasteiger partial charge on any atom is 0.245 e. The summed E-state index contributed by atoms with van der Waals surface area (Å²) in [5.41, 5.74) is 0. The molecule has 0 unspecified atom stereocenters. The summed E-state index contributed by atoms with van der Waals surface area (Å²) >= 11 is 0. The Bertz CT molecular complexity index is 260. The van der Waals surface area contributed by atoms with Gasteiger partial charge in [0.2, 0.25) is 5.91 Å². The third-order valence-electron chi connectivity index (χ3n) is 3.51. The first-order valence-electron chi connectivity index (χ1n) is 10.1. The first-order valence-corrected chi connectivity index (χ1v) is 10.1. The van der Waals surface area contributed by atoms with E-state index < -0.39 is 0 Å². The van der Waals surface area contributed by atoms with Crippen molar-refractivity contribution in [3.8, 4) is 0 Å². The second-order valence-electron chi connectivity index (χ2n) is 6.31. The minimum absolute atomic E-state index is 0.0508. The molecule has 0 aliphatic rings. The van der Waals surface area contributed by atoms with Crippen LogP contribution in [-0.4, -0.2) is 52.6 Å². The molecule has 0 aromatic carbocycles. The van der Waals surface area contributed by atoms with Crippen molar-refractivity contribution in [3.63, 3.8) is 0 Å². The summed E-state index contributed by atoms with van der Waals surface area (Å²) in [6.45, 7) is 12.4. The second kappa shape index (κ2) is 23.4. The van der Waals surface area contributed by atoms with Crippen LogP contribution in [0.15, 0.2) is 0 Å². The van der Waals surface area contributed by atoms with E-state index in [1.54, 1.807) is 0 Å². The summed E-state index contributed by atoms with van der Waals surface area (Å²) < 4.78 is 15.8. The summed E-state index contributed by atoms with van der Waals surface area (Å²) in [6, 6.07) is 0. The summed E-state index contributed by atoms with van der Waals surface area (Å²) in [5.74, 6) is 0.760. The fourth-order valence-electron chi connectivity index (χ4n) is 2.17. The van der Waals surface area contributed by atoms with Gasteiger partial charge in [-0.2, -0.15) is 0 Å². The van der Waals surface area contributed by atoms with Crippen LogP contribution >= 0.6 is 0 Å². The van der Waals surface area contributed by atoms with Gasteiger partial charge in [-0.15, -0.1) is 0 Å². The molecule has 0 saturated carbocycles. The second-order valence-corrected chi connectivity index (χ2v) is 6.31. The molecule has 0 bridgehead atoms. The van der Waals surface area contributed by atoms with Crippen LogP contribution in [0.3, 0.4) is 0 Å². The molecule has 0 fully saturated rings. The molecule has 0 rings (SSSR count). The SMILES string of the molecule is CC.COCC(=O)NCCCCCOCCOCCCCCC(C)C. The topological polar surface area (TPSA) is 56.8 Å². The molecule has 5 nitrogen and oxygen atoms in total. The minimum atomic E-state index is -0.0508. The molecule has 0 aromatic heterocycles. The molecular formula is C20H43NO4. The summed E-state index contributed by atoms with van der Waals surface area (Å²) in [4.78, 5) is 11.1. The lowest BCUT2D eigenvalue weighted by Crippen LogP contribution is -2.27. The van der Waals surface area contributed by atoms with Crippen molar-refractivity contribution in [2.24, 2.45) is 5.92 Å². The average Bonchev–Trinajstić information content (AvgIpc) is 2.60. The summed E-state index contributed by atoms with van der Waals surface area (Å²) in [7, 11) is 1.52. The highest BCUT2D eigenvalue weighted by Crippen LogP contribution is 2.07. The number of ether oxygens (including phenoxy) is 3. The van der Waals surface area contributed by atoms with Gasteiger partial charge in [0.15, 0.2) is 0 Å². The molecule has 0 aliphatic heterocycles. The number of hydrogen-bond acceptors (Lipinski definition) is 4. The van der Waals surface area contributed by atoms with Gasteiger partial charge < -0.3 is 19.5 Å². The van der Waals surface area contributed by atoms with Gasteiger partial charge >= 0.3 is 0 Å². The largest absolute Gasteiger partial charge is 0.379 e. The van der Waals surface area contributed by atoms with Gasteiger partial charge in [0.1, 0.15) is 6.61 Å². The lowest BCUT2D eigenvalue weighted by Gasteiger charge is -2.07. The fraction of sp³-hybridized carbons (Fsp3) is 0.950. The zero-order valence-corrected chi connectivity index (χ0v) is 17.4. The van der Waals surface area contributed by atoms with E-state index in [0.717, 1.165) is 44.8 Å². The monoisotopic (exact) mass is 361 g/mol. The van der Waals surface area contributed by atoms with E-state index >= 15 is 0 Å². The van der Waals surface area contributed by atoms with Gasteiger partial charge in [0.25, 0.3) is 0 Å². The highest BCUT2D eigenvalue weighted by Gasteiger charge is 1.98. The molecule has 152 valence electrons. The number of carbonyl (C=O) groups is 1. The van der Waals surface area contributed by atoms with E-state index in [4.69, 9.17) is 14.2 Å². The predicted octanol–water partition coefficient (Wildman–Crippen LogP) is 4.20. The minimum Gasteiger partial charge on any atom is -0.379 e. The number of hydrogen-bond donors (Lipinski definition) is 1. The van der Waals surface area contributed by atoms with Crippen LogP contribution in [0.25, 0.3) is 0 Å². The van der Waals surface area contributed by atoms with Crippen molar-refractivity contribution in [3.05, 3.63) is 0 Å². The molecule has 0 aliphatic carbocycles. The van der Waals surface area contributed by atoms with E-state index in [1.807, 2.05) is 13.8 Å². The molecule has 0 atom stereocenters. The Morgan fingerprint density at radius 1 is 0.840 bits per heavy atom. The van der Waals surface area contributed by atoms with Crippen LogP contribution in [0.2, 0.25) is 0 Å². The molecule has 0 aromatic rings.